The first-order chi connectivity index (χ1) is 14.0. The highest BCUT2D eigenvalue weighted by molar-refractivity contribution is 5.92. The Morgan fingerprint density at radius 2 is 1.83 bits per heavy atom. The number of nitrogens with zero attached hydrogens (tertiary/aromatic N) is 2. The van der Waals surface area contributed by atoms with Crippen LogP contribution in [0.15, 0.2) is 40.9 Å². The van der Waals surface area contributed by atoms with Crippen molar-refractivity contribution >= 4 is 24.2 Å². The number of amides is 2. The molecule has 1 saturated heterocycles. The highest BCUT2D eigenvalue weighted by Gasteiger charge is 2.33. The van der Waals surface area contributed by atoms with Gasteiger partial charge in [0.25, 0.3) is 5.91 Å². The molecule has 0 spiro atoms. The lowest BCUT2D eigenvalue weighted by Gasteiger charge is -2.37. The van der Waals surface area contributed by atoms with Crippen LogP contribution in [0.1, 0.15) is 66.4 Å². The molecule has 2 fully saturated rings. The van der Waals surface area contributed by atoms with Gasteiger partial charge in [-0.25, -0.2) is 0 Å². The van der Waals surface area contributed by atoms with E-state index in [-0.39, 0.29) is 36.2 Å². The second-order valence-corrected chi connectivity index (χ2v) is 8.20. The zero-order valence-electron chi connectivity index (χ0n) is 17.1. The third-order valence-electron chi connectivity index (χ3n) is 5.90. The SMILES string of the molecule is C[C@H](N)C(=O)N1CCC([C@H](NC(=O)c2cc(C3CC3)on2)c2ccccc2)CC1.Cl. The van der Waals surface area contributed by atoms with E-state index in [1.165, 1.54) is 0 Å². The molecule has 1 aromatic heterocycles. The van der Waals surface area contributed by atoms with Gasteiger partial charge in [-0.1, -0.05) is 35.5 Å². The van der Waals surface area contributed by atoms with Crippen LogP contribution in [-0.2, 0) is 4.79 Å². The number of hydrogen-bond acceptors (Lipinski definition) is 5. The molecule has 2 aromatic rings. The summed E-state index contributed by atoms with van der Waals surface area (Å²) in [4.78, 5) is 26.9. The van der Waals surface area contributed by atoms with Gasteiger partial charge >= 0.3 is 0 Å². The van der Waals surface area contributed by atoms with E-state index in [9.17, 15) is 9.59 Å². The minimum Gasteiger partial charge on any atom is -0.360 e. The molecule has 3 N–H and O–H groups in total. The van der Waals surface area contributed by atoms with E-state index in [1.807, 2.05) is 35.2 Å². The van der Waals surface area contributed by atoms with Crippen molar-refractivity contribution in [2.24, 2.45) is 11.7 Å². The number of hydrogen-bond donors (Lipinski definition) is 2. The van der Waals surface area contributed by atoms with Gasteiger partial charge in [-0.3, -0.25) is 9.59 Å². The molecule has 1 aliphatic carbocycles. The lowest BCUT2D eigenvalue weighted by Crippen LogP contribution is -2.47. The molecule has 1 aromatic carbocycles. The predicted octanol–water partition coefficient (Wildman–Crippen LogP) is 3.03. The monoisotopic (exact) mass is 432 g/mol. The number of nitrogens with two attached hydrogens (primary N) is 1. The second-order valence-electron chi connectivity index (χ2n) is 8.20. The molecule has 0 unspecified atom stereocenters. The summed E-state index contributed by atoms with van der Waals surface area (Å²) < 4.78 is 5.34. The molecule has 2 atom stereocenters. The maximum absolute atomic E-state index is 12.9. The molecule has 2 aliphatic rings. The summed E-state index contributed by atoms with van der Waals surface area (Å²) >= 11 is 0. The molecule has 1 aliphatic heterocycles. The maximum Gasteiger partial charge on any atom is 0.273 e. The zero-order valence-corrected chi connectivity index (χ0v) is 17.9. The van der Waals surface area contributed by atoms with Crippen molar-refractivity contribution in [1.82, 2.24) is 15.4 Å². The van der Waals surface area contributed by atoms with Gasteiger partial charge in [0, 0.05) is 25.1 Å². The fourth-order valence-corrected chi connectivity index (χ4v) is 4.05. The van der Waals surface area contributed by atoms with Crippen molar-refractivity contribution in [3.05, 3.63) is 53.4 Å². The Hall–Kier alpha value is -2.38. The summed E-state index contributed by atoms with van der Waals surface area (Å²) in [6.07, 6.45) is 3.82. The topological polar surface area (TPSA) is 101 Å². The Bertz CT molecular complexity index is 858. The van der Waals surface area contributed by atoms with Gasteiger partial charge in [0.1, 0.15) is 5.76 Å². The van der Waals surface area contributed by atoms with Crippen molar-refractivity contribution in [2.75, 3.05) is 13.1 Å². The van der Waals surface area contributed by atoms with Crippen LogP contribution >= 0.6 is 12.4 Å². The summed E-state index contributed by atoms with van der Waals surface area (Å²) in [7, 11) is 0. The van der Waals surface area contributed by atoms with Gasteiger partial charge < -0.3 is 20.5 Å². The van der Waals surface area contributed by atoms with Gasteiger partial charge in [0.05, 0.1) is 12.1 Å². The van der Waals surface area contributed by atoms with E-state index in [0.29, 0.717) is 24.7 Å². The first-order valence-electron chi connectivity index (χ1n) is 10.4. The molecule has 0 bridgehead atoms. The molecular formula is C22H29ClN4O3. The average Bonchev–Trinajstić information content (AvgIpc) is 3.48. The molecular weight excluding hydrogens is 404 g/mol. The van der Waals surface area contributed by atoms with Gasteiger partial charge in [0.15, 0.2) is 5.69 Å². The van der Waals surface area contributed by atoms with Gasteiger partial charge in [-0.2, -0.15) is 0 Å². The number of carbonyl (C=O) groups is 2. The minimum absolute atomic E-state index is 0. The van der Waals surface area contributed by atoms with Crippen LogP contribution in [0.25, 0.3) is 0 Å². The fraction of sp³-hybridized carbons (Fsp3) is 0.500. The maximum atomic E-state index is 12.9. The first-order valence-corrected chi connectivity index (χ1v) is 10.4. The van der Waals surface area contributed by atoms with E-state index in [2.05, 4.69) is 10.5 Å². The lowest BCUT2D eigenvalue weighted by molar-refractivity contribution is -0.133. The number of piperidine rings is 1. The van der Waals surface area contributed by atoms with E-state index < -0.39 is 6.04 Å². The number of likely N-dealkylation sites (tertiary alicyclic amines) is 1. The van der Waals surface area contributed by atoms with Crippen molar-refractivity contribution in [3.8, 4) is 0 Å². The Kier molecular flexibility index (Phi) is 7.15. The fourth-order valence-electron chi connectivity index (χ4n) is 4.05. The van der Waals surface area contributed by atoms with Crippen LogP contribution in [-0.4, -0.2) is 41.0 Å². The van der Waals surface area contributed by atoms with Gasteiger partial charge in [-0.05, 0) is 44.1 Å². The zero-order chi connectivity index (χ0) is 20.4. The number of rotatable bonds is 6. The highest BCUT2D eigenvalue weighted by atomic mass is 35.5. The lowest BCUT2D eigenvalue weighted by atomic mass is 9.85. The summed E-state index contributed by atoms with van der Waals surface area (Å²) in [6, 6.07) is 11.1. The molecule has 7 nitrogen and oxygen atoms in total. The van der Waals surface area contributed by atoms with Crippen molar-refractivity contribution in [1.29, 1.82) is 0 Å². The van der Waals surface area contributed by atoms with E-state index >= 15 is 0 Å². The van der Waals surface area contributed by atoms with Crippen LogP contribution in [0.3, 0.4) is 0 Å². The van der Waals surface area contributed by atoms with E-state index in [0.717, 1.165) is 37.0 Å². The van der Waals surface area contributed by atoms with Crippen molar-refractivity contribution in [2.45, 2.75) is 50.6 Å². The molecule has 8 heteroatoms. The Balaban J connectivity index is 0.00000256. The molecule has 1 saturated carbocycles. The third-order valence-corrected chi connectivity index (χ3v) is 5.90. The third kappa shape index (κ3) is 5.02. The van der Waals surface area contributed by atoms with Crippen molar-refractivity contribution in [3.63, 3.8) is 0 Å². The summed E-state index contributed by atoms with van der Waals surface area (Å²) in [6.45, 7) is 3.02. The van der Waals surface area contributed by atoms with Crippen LogP contribution in [0.4, 0.5) is 0 Å². The summed E-state index contributed by atoms with van der Waals surface area (Å²) in [5, 5.41) is 7.14. The molecule has 30 heavy (non-hydrogen) atoms. The highest BCUT2D eigenvalue weighted by Crippen LogP contribution is 2.40. The number of nitrogens with one attached hydrogen (secondary N) is 1. The smallest absolute Gasteiger partial charge is 0.273 e. The van der Waals surface area contributed by atoms with Crippen LogP contribution in [0.5, 0.6) is 0 Å². The minimum atomic E-state index is -0.482. The quantitative estimate of drug-likeness (QED) is 0.730. The van der Waals surface area contributed by atoms with Crippen LogP contribution < -0.4 is 11.1 Å². The van der Waals surface area contributed by atoms with Gasteiger partial charge in [0.2, 0.25) is 5.91 Å². The Morgan fingerprint density at radius 3 is 2.43 bits per heavy atom. The predicted molar refractivity (Wildman–Crippen MR) is 115 cm³/mol. The number of halogens is 1. The average molecular weight is 433 g/mol. The summed E-state index contributed by atoms with van der Waals surface area (Å²) in [5.41, 5.74) is 7.14. The normalized spacial score (nSPS) is 18.9. The first kappa shape index (κ1) is 22.3. The van der Waals surface area contributed by atoms with Crippen LogP contribution in [0, 0.1) is 5.92 Å². The number of carbonyl (C=O) groups excluding carboxylic acids is 2. The number of benzene rings is 1. The largest absolute Gasteiger partial charge is 0.360 e. The molecule has 162 valence electrons. The molecule has 2 heterocycles. The standard InChI is InChI=1S/C22H28N4O3.ClH/c1-14(23)22(28)26-11-9-17(10-12-26)20(16-5-3-2-4-6-16)24-21(27)18-13-19(29-25-18)15-7-8-15;/h2-6,13-15,17,20H,7-12,23H2,1H3,(H,24,27);1H/t14-,20+;/m0./s1. The van der Waals surface area contributed by atoms with E-state index in [4.69, 9.17) is 10.3 Å². The Morgan fingerprint density at radius 1 is 1.17 bits per heavy atom. The molecule has 4 rings (SSSR count). The van der Waals surface area contributed by atoms with E-state index in [1.54, 1.807) is 13.0 Å². The Labute approximate surface area is 182 Å². The van der Waals surface area contributed by atoms with Crippen molar-refractivity contribution < 1.29 is 14.1 Å². The number of aromatic nitrogens is 1. The molecule has 2 amide bonds. The second kappa shape index (κ2) is 9.62. The summed E-state index contributed by atoms with van der Waals surface area (Å²) in [5.74, 6) is 1.21. The van der Waals surface area contributed by atoms with Gasteiger partial charge in [-0.15, -0.1) is 12.4 Å². The molecule has 0 radical (unpaired) electrons. The van der Waals surface area contributed by atoms with Crippen LogP contribution in [0.2, 0.25) is 0 Å².